The smallest absolute Gasteiger partial charge is 0.240 e. The Hall–Kier alpha value is -2.67. The van der Waals surface area contributed by atoms with Gasteiger partial charge >= 0.3 is 0 Å². The minimum absolute atomic E-state index is 0.0703. The number of hydrogen-bond acceptors (Lipinski definition) is 4. The van der Waals surface area contributed by atoms with Gasteiger partial charge < -0.3 is 5.32 Å². The summed E-state index contributed by atoms with van der Waals surface area (Å²) in [7, 11) is -3.39. The van der Waals surface area contributed by atoms with Crippen LogP contribution in [0.1, 0.15) is 6.92 Å². The molecule has 3 aromatic rings. The van der Waals surface area contributed by atoms with E-state index >= 15 is 0 Å². The van der Waals surface area contributed by atoms with Crippen molar-refractivity contribution in [2.75, 3.05) is 16.8 Å². The first kappa shape index (κ1) is 16.2. The third kappa shape index (κ3) is 3.30. The summed E-state index contributed by atoms with van der Waals surface area (Å²) in [6.45, 7) is 1.52. The molecular weight excluding hydrogens is 326 g/mol. The number of sulfone groups is 1. The van der Waals surface area contributed by atoms with Crippen molar-refractivity contribution in [1.82, 2.24) is 9.38 Å². The molecule has 0 saturated heterocycles. The Morgan fingerprint density at radius 3 is 2.54 bits per heavy atom. The van der Waals surface area contributed by atoms with E-state index in [9.17, 15) is 13.2 Å². The van der Waals surface area contributed by atoms with Crippen LogP contribution < -0.4 is 5.32 Å². The zero-order valence-electron chi connectivity index (χ0n) is 13.1. The van der Waals surface area contributed by atoms with Crippen molar-refractivity contribution >= 4 is 27.2 Å². The van der Waals surface area contributed by atoms with E-state index in [4.69, 9.17) is 0 Å². The summed E-state index contributed by atoms with van der Waals surface area (Å²) < 4.78 is 25.1. The minimum atomic E-state index is -3.39. The standard InChI is InChI=1S/C17H17N3O3S/c1-2-24(22,23)12-15(21)19-17-16(13-8-4-3-5-9-13)18-14-10-6-7-11-20(14)17/h3-11H,2,12H2,1H3,(H,19,21). The van der Waals surface area contributed by atoms with Gasteiger partial charge in [0, 0.05) is 17.5 Å². The molecule has 1 amide bonds. The normalized spacial score (nSPS) is 11.5. The molecule has 6 nitrogen and oxygen atoms in total. The Bertz CT molecular complexity index is 979. The number of pyridine rings is 1. The van der Waals surface area contributed by atoms with Gasteiger partial charge in [-0.2, -0.15) is 0 Å². The summed E-state index contributed by atoms with van der Waals surface area (Å²) in [6.07, 6.45) is 1.78. The summed E-state index contributed by atoms with van der Waals surface area (Å²) in [5, 5.41) is 2.70. The number of benzene rings is 1. The Morgan fingerprint density at radius 1 is 1.12 bits per heavy atom. The quantitative estimate of drug-likeness (QED) is 0.771. The van der Waals surface area contributed by atoms with Gasteiger partial charge in [0.15, 0.2) is 9.84 Å². The molecule has 0 aliphatic rings. The lowest BCUT2D eigenvalue weighted by Crippen LogP contribution is -2.24. The Balaban J connectivity index is 2.04. The monoisotopic (exact) mass is 343 g/mol. The van der Waals surface area contributed by atoms with Crippen molar-refractivity contribution in [3.8, 4) is 11.3 Å². The highest BCUT2D eigenvalue weighted by molar-refractivity contribution is 7.92. The molecule has 0 saturated carbocycles. The van der Waals surface area contributed by atoms with Crippen LogP contribution in [0.25, 0.3) is 16.9 Å². The van der Waals surface area contributed by atoms with Gasteiger partial charge in [-0.05, 0) is 12.1 Å². The molecule has 0 radical (unpaired) electrons. The Labute approximate surface area is 140 Å². The molecule has 0 aliphatic carbocycles. The summed E-state index contributed by atoms with van der Waals surface area (Å²) in [5.74, 6) is -0.718. The first-order chi connectivity index (χ1) is 11.5. The topological polar surface area (TPSA) is 80.5 Å². The summed E-state index contributed by atoms with van der Waals surface area (Å²) in [5.41, 5.74) is 2.11. The predicted octanol–water partition coefficient (Wildman–Crippen LogP) is 2.37. The number of anilines is 1. The van der Waals surface area contributed by atoms with Crippen molar-refractivity contribution < 1.29 is 13.2 Å². The van der Waals surface area contributed by atoms with Crippen LogP contribution in [0.5, 0.6) is 0 Å². The largest absolute Gasteiger partial charge is 0.309 e. The van der Waals surface area contributed by atoms with Gasteiger partial charge in [0.2, 0.25) is 5.91 Å². The van der Waals surface area contributed by atoms with Crippen molar-refractivity contribution in [2.45, 2.75) is 6.92 Å². The number of fused-ring (bicyclic) bond motifs is 1. The Morgan fingerprint density at radius 2 is 1.83 bits per heavy atom. The highest BCUT2D eigenvalue weighted by atomic mass is 32.2. The van der Waals surface area contributed by atoms with Crippen LogP contribution in [0.2, 0.25) is 0 Å². The van der Waals surface area contributed by atoms with Crippen molar-refractivity contribution in [1.29, 1.82) is 0 Å². The van der Waals surface area contributed by atoms with Gasteiger partial charge in [-0.1, -0.05) is 43.3 Å². The molecule has 0 fully saturated rings. The predicted molar refractivity (Wildman–Crippen MR) is 93.6 cm³/mol. The number of aromatic nitrogens is 2. The molecular formula is C17H17N3O3S. The van der Waals surface area contributed by atoms with E-state index in [1.54, 1.807) is 10.6 Å². The van der Waals surface area contributed by atoms with Gasteiger partial charge in [-0.25, -0.2) is 13.4 Å². The van der Waals surface area contributed by atoms with Gasteiger partial charge in [-0.15, -0.1) is 0 Å². The van der Waals surface area contributed by atoms with E-state index in [0.717, 1.165) is 5.56 Å². The van der Waals surface area contributed by atoms with E-state index in [1.807, 2.05) is 48.5 Å². The molecule has 0 spiro atoms. The van der Waals surface area contributed by atoms with E-state index in [2.05, 4.69) is 10.3 Å². The molecule has 0 unspecified atom stereocenters. The first-order valence-corrected chi connectivity index (χ1v) is 9.35. The van der Waals surface area contributed by atoms with E-state index in [1.165, 1.54) is 6.92 Å². The van der Waals surface area contributed by atoms with Crippen LogP contribution in [-0.2, 0) is 14.6 Å². The molecule has 1 N–H and O–H groups in total. The number of carbonyl (C=O) groups is 1. The molecule has 2 aromatic heterocycles. The fourth-order valence-corrected chi connectivity index (χ4v) is 3.06. The number of imidazole rings is 1. The van der Waals surface area contributed by atoms with Crippen molar-refractivity contribution in [2.24, 2.45) is 0 Å². The molecule has 3 rings (SSSR count). The van der Waals surface area contributed by atoms with E-state index in [-0.39, 0.29) is 5.75 Å². The number of carbonyl (C=O) groups excluding carboxylic acids is 1. The van der Waals surface area contributed by atoms with E-state index in [0.29, 0.717) is 17.2 Å². The number of hydrogen-bond donors (Lipinski definition) is 1. The van der Waals surface area contributed by atoms with Crippen LogP contribution in [-0.4, -0.2) is 35.2 Å². The molecule has 0 atom stereocenters. The summed E-state index contributed by atoms with van der Waals surface area (Å²) >= 11 is 0. The molecule has 7 heteroatoms. The Kier molecular flexibility index (Phi) is 4.35. The fourth-order valence-electron chi connectivity index (χ4n) is 2.38. The van der Waals surface area contributed by atoms with Gasteiger partial charge in [-0.3, -0.25) is 9.20 Å². The third-order valence-electron chi connectivity index (χ3n) is 3.63. The molecule has 2 heterocycles. The fraction of sp³-hybridized carbons (Fsp3) is 0.176. The lowest BCUT2D eigenvalue weighted by Gasteiger charge is -2.08. The second-order valence-electron chi connectivity index (χ2n) is 5.33. The zero-order valence-corrected chi connectivity index (χ0v) is 14.0. The lowest BCUT2D eigenvalue weighted by molar-refractivity contribution is -0.113. The highest BCUT2D eigenvalue weighted by Crippen LogP contribution is 2.28. The third-order valence-corrected chi connectivity index (χ3v) is 5.21. The number of rotatable bonds is 5. The lowest BCUT2D eigenvalue weighted by atomic mass is 10.1. The average Bonchev–Trinajstić information content (AvgIpc) is 2.94. The molecule has 124 valence electrons. The van der Waals surface area contributed by atoms with Crippen LogP contribution in [0, 0.1) is 0 Å². The second-order valence-corrected chi connectivity index (χ2v) is 7.68. The van der Waals surface area contributed by atoms with Crippen LogP contribution in [0.3, 0.4) is 0 Å². The van der Waals surface area contributed by atoms with Crippen molar-refractivity contribution in [3.63, 3.8) is 0 Å². The van der Waals surface area contributed by atoms with Crippen molar-refractivity contribution in [3.05, 3.63) is 54.7 Å². The molecule has 1 aromatic carbocycles. The second kappa shape index (κ2) is 6.45. The SMILES string of the molecule is CCS(=O)(=O)CC(=O)Nc1c(-c2ccccc2)nc2ccccn12. The molecule has 0 aliphatic heterocycles. The highest BCUT2D eigenvalue weighted by Gasteiger charge is 2.19. The molecule has 0 bridgehead atoms. The zero-order chi connectivity index (χ0) is 17.2. The van der Waals surface area contributed by atoms with Gasteiger partial charge in [0.1, 0.15) is 22.9 Å². The maximum Gasteiger partial charge on any atom is 0.240 e. The maximum absolute atomic E-state index is 12.2. The summed E-state index contributed by atoms with van der Waals surface area (Å²) in [6, 6.07) is 14.9. The van der Waals surface area contributed by atoms with Gasteiger partial charge in [0.05, 0.1) is 0 Å². The van der Waals surface area contributed by atoms with Crippen LogP contribution in [0.15, 0.2) is 54.7 Å². The first-order valence-electron chi connectivity index (χ1n) is 7.53. The van der Waals surface area contributed by atoms with Gasteiger partial charge in [0.25, 0.3) is 0 Å². The maximum atomic E-state index is 12.2. The number of nitrogens with one attached hydrogen (secondary N) is 1. The molecule has 24 heavy (non-hydrogen) atoms. The summed E-state index contributed by atoms with van der Waals surface area (Å²) in [4.78, 5) is 16.7. The minimum Gasteiger partial charge on any atom is -0.309 e. The van der Waals surface area contributed by atoms with E-state index < -0.39 is 21.5 Å². The van der Waals surface area contributed by atoms with Crippen LogP contribution >= 0.6 is 0 Å². The van der Waals surface area contributed by atoms with Crippen LogP contribution in [0.4, 0.5) is 5.82 Å². The number of amides is 1. The number of nitrogens with zero attached hydrogens (tertiary/aromatic N) is 2. The average molecular weight is 343 g/mol.